The molecule has 4 aromatic carbocycles. The van der Waals surface area contributed by atoms with Crippen LogP contribution in [-0.2, 0) is 0 Å². The van der Waals surface area contributed by atoms with E-state index in [1.54, 1.807) is 0 Å². The lowest BCUT2D eigenvalue weighted by molar-refractivity contribution is 1.08. The van der Waals surface area contributed by atoms with Gasteiger partial charge in [0.25, 0.3) is 0 Å². The fourth-order valence-electron chi connectivity index (χ4n) is 5.58. The number of hydrogen-bond donors (Lipinski definition) is 0. The first kappa shape index (κ1) is 21.1. The normalized spacial score (nSPS) is 15.2. The highest BCUT2D eigenvalue weighted by Crippen LogP contribution is 2.49. The van der Waals surface area contributed by atoms with Crippen molar-refractivity contribution >= 4 is 22.6 Å². The number of nitrogens with zero attached hydrogens (tertiary/aromatic N) is 3. The maximum Gasteiger partial charge on any atom is 0.160 e. The van der Waals surface area contributed by atoms with Gasteiger partial charge in [-0.1, -0.05) is 109 Å². The Hall–Kier alpha value is -5.02. The minimum absolute atomic E-state index is 0.485. The van der Waals surface area contributed by atoms with Crippen LogP contribution in [0.5, 0.6) is 0 Å². The first-order valence-corrected chi connectivity index (χ1v) is 13.0. The molecule has 0 N–H and O–H groups in total. The van der Waals surface area contributed by atoms with Gasteiger partial charge in [-0.15, -0.1) is 0 Å². The number of rotatable bonds is 4. The van der Waals surface area contributed by atoms with E-state index in [0.717, 1.165) is 39.6 Å². The zero-order valence-electron chi connectivity index (χ0n) is 20.6. The van der Waals surface area contributed by atoms with Crippen LogP contribution in [0.25, 0.3) is 62.1 Å². The van der Waals surface area contributed by atoms with E-state index in [4.69, 9.17) is 9.97 Å². The summed E-state index contributed by atoms with van der Waals surface area (Å²) >= 11 is 0. The van der Waals surface area contributed by atoms with Crippen LogP contribution in [0, 0.1) is 5.92 Å². The summed E-state index contributed by atoms with van der Waals surface area (Å²) in [7, 11) is 0. The molecule has 0 spiro atoms. The standard InChI is InChI=1S/C35H23N3/c1-3-9-23(10-4-1)31-22-32(37-35(36-31)25-11-5-2-6-12-25)24-15-18-27(19-16-24)38-33-14-8-7-13-28(33)29-20-17-26-21-30(26)34(29)38/h1-22,26H/t26-/m1/s1. The summed E-state index contributed by atoms with van der Waals surface area (Å²) in [4.78, 5) is 9.92. The third-order valence-corrected chi connectivity index (χ3v) is 7.52. The third-order valence-electron chi connectivity index (χ3n) is 7.52. The van der Waals surface area contributed by atoms with Crippen LogP contribution in [0.2, 0.25) is 0 Å². The van der Waals surface area contributed by atoms with Crippen molar-refractivity contribution in [1.29, 1.82) is 0 Å². The molecule has 3 nitrogen and oxygen atoms in total. The predicted molar refractivity (Wildman–Crippen MR) is 156 cm³/mol. The van der Waals surface area contributed by atoms with Gasteiger partial charge in [0.2, 0.25) is 0 Å². The molecule has 6 aromatic rings. The molecule has 0 bridgehead atoms. The second-order valence-electron chi connectivity index (χ2n) is 9.86. The van der Waals surface area contributed by atoms with Crippen LogP contribution < -0.4 is 0 Å². The lowest BCUT2D eigenvalue weighted by Gasteiger charge is -2.14. The van der Waals surface area contributed by atoms with Crippen molar-refractivity contribution in [1.82, 2.24) is 14.5 Å². The number of benzene rings is 4. The van der Waals surface area contributed by atoms with Crippen molar-refractivity contribution in [2.45, 2.75) is 0 Å². The van der Waals surface area contributed by atoms with Gasteiger partial charge in [-0.25, -0.2) is 9.97 Å². The van der Waals surface area contributed by atoms with E-state index >= 15 is 0 Å². The smallest absolute Gasteiger partial charge is 0.160 e. The zero-order valence-corrected chi connectivity index (χ0v) is 20.6. The van der Waals surface area contributed by atoms with Crippen LogP contribution in [0.4, 0.5) is 0 Å². The Kier molecular flexibility index (Phi) is 4.58. The number of para-hydroxylation sites is 1. The lowest BCUT2D eigenvalue weighted by Crippen LogP contribution is -2.01. The maximum atomic E-state index is 4.99. The van der Waals surface area contributed by atoms with Gasteiger partial charge in [-0.05, 0) is 29.8 Å². The summed E-state index contributed by atoms with van der Waals surface area (Å²) in [5, 5.41) is 1.30. The Balaban J connectivity index is 1.26. The van der Waals surface area contributed by atoms with E-state index in [1.165, 1.54) is 27.7 Å². The first-order valence-electron chi connectivity index (χ1n) is 13.0. The Morgan fingerprint density at radius 1 is 0.605 bits per heavy atom. The third kappa shape index (κ3) is 3.36. The average Bonchev–Trinajstić information content (AvgIpc) is 3.72. The number of aromatic nitrogens is 3. The van der Waals surface area contributed by atoms with Crippen molar-refractivity contribution in [2.75, 3.05) is 0 Å². The van der Waals surface area contributed by atoms with Crippen LogP contribution >= 0.6 is 0 Å². The zero-order chi connectivity index (χ0) is 25.1. The van der Waals surface area contributed by atoms with Crippen LogP contribution in [0.3, 0.4) is 0 Å². The fourth-order valence-corrected chi connectivity index (χ4v) is 5.58. The SMILES string of the molecule is C1=C[C@@H]2C=C2c2c1c1ccccc1n2-c1ccc(-c2cc(-c3ccccc3)nc(-c3ccccc3)n2)cc1. The molecule has 2 aromatic heterocycles. The Bertz CT molecular complexity index is 1840. The molecule has 178 valence electrons. The molecule has 2 aliphatic carbocycles. The summed E-state index contributed by atoms with van der Waals surface area (Å²) in [6.07, 6.45) is 6.95. The predicted octanol–water partition coefficient (Wildman–Crippen LogP) is 8.46. The van der Waals surface area contributed by atoms with Crippen molar-refractivity contribution < 1.29 is 0 Å². The van der Waals surface area contributed by atoms with Crippen LogP contribution in [-0.4, -0.2) is 14.5 Å². The van der Waals surface area contributed by atoms with Gasteiger partial charge in [0.05, 0.1) is 22.6 Å². The summed E-state index contributed by atoms with van der Waals surface area (Å²) in [5.74, 6) is 1.22. The molecule has 0 saturated heterocycles. The van der Waals surface area contributed by atoms with E-state index in [0.29, 0.717) is 5.92 Å². The van der Waals surface area contributed by atoms with E-state index in [9.17, 15) is 0 Å². The second kappa shape index (κ2) is 8.25. The van der Waals surface area contributed by atoms with Gasteiger partial charge < -0.3 is 4.57 Å². The lowest BCUT2D eigenvalue weighted by atomic mass is 10.0. The molecular formula is C35H23N3. The van der Waals surface area contributed by atoms with Gasteiger partial charge in [0.15, 0.2) is 5.82 Å². The summed E-state index contributed by atoms with van der Waals surface area (Å²) < 4.78 is 2.41. The average molecular weight is 486 g/mol. The summed E-state index contributed by atoms with van der Waals surface area (Å²) in [6.45, 7) is 0. The number of fused-ring (bicyclic) bond motifs is 5. The van der Waals surface area contributed by atoms with Crippen LogP contribution in [0.1, 0.15) is 11.3 Å². The monoisotopic (exact) mass is 485 g/mol. The molecule has 0 amide bonds. The van der Waals surface area contributed by atoms with E-state index < -0.39 is 0 Å². The van der Waals surface area contributed by atoms with Crippen molar-refractivity contribution in [3.63, 3.8) is 0 Å². The maximum absolute atomic E-state index is 4.99. The highest BCUT2D eigenvalue weighted by atomic mass is 15.0. The van der Waals surface area contributed by atoms with E-state index in [-0.39, 0.29) is 0 Å². The molecule has 1 atom stereocenters. The van der Waals surface area contributed by atoms with Crippen molar-refractivity contribution in [3.8, 4) is 39.6 Å². The van der Waals surface area contributed by atoms with Gasteiger partial charge in [-0.3, -0.25) is 0 Å². The molecular weight excluding hydrogens is 462 g/mol. The molecule has 38 heavy (non-hydrogen) atoms. The molecule has 2 heterocycles. The molecule has 3 heteroatoms. The molecule has 0 radical (unpaired) electrons. The molecule has 0 saturated carbocycles. The second-order valence-corrected chi connectivity index (χ2v) is 9.86. The van der Waals surface area contributed by atoms with E-state index in [1.807, 2.05) is 36.4 Å². The number of allylic oxidation sites excluding steroid dienone is 3. The van der Waals surface area contributed by atoms with Gasteiger partial charge >= 0.3 is 0 Å². The number of hydrogen-bond acceptors (Lipinski definition) is 2. The molecule has 2 aliphatic rings. The molecule has 8 rings (SSSR count). The van der Waals surface area contributed by atoms with Crippen molar-refractivity contribution in [3.05, 3.63) is 139 Å². The van der Waals surface area contributed by atoms with Gasteiger partial charge in [0.1, 0.15) is 0 Å². The van der Waals surface area contributed by atoms with Gasteiger partial charge in [0, 0.05) is 39.2 Å². The fraction of sp³-hybridized carbons (Fsp3) is 0.0286. The first-order chi connectivity index (χ1) is 18.8. The topological polar surface area (TPSA) is 30.7 Å². The highest BCUT2D eigenvalue weighted by molar-refractivity contribution is 6.03. The Morgan fingerprint density at radius 2 is 1.24 bits per heavy atom. The summed E-state index contributed by atoms with van der Waals surface area (Å²) in [5.41, 5.74) is 11.5. The molecule has 0 aliphatic heterocycles. The van der Waals surface area contributed by atoms with Crippen LogP contribution in [0.15, 0.2) is 127 Å². The molecule has 0 fully saturated rings. The highest BCUT2D eigenvalue weighted by Gasteiger charge is 2.33. The van der Waals surface area contributed by atoms with E-state index in [2.05, 4.69) is 102 Å². The largest absolute Gasteiger partial charge is 0.309 e. The van der Waals surface area contributed by atoms with Crippen molar-refractivity contribution in [2.24, 2.45) is 5.92 Å². The Labute approximate surface area is 221 Å². The molecule has 0 unspecified atom stereocenters. The van der Waals surface area contributed by atoms with Gasteiger partial charge in [-0.2, -0.15) is 0 Å². The quantitative estimate of drug-likeness (QED) is 0.251. The minimum atomic E-state index is 0.485. The summed E-state index contributed by atoms with van der Waals surface area (Å²) in [6, 6.07) is 40.1. The minimum Gasteiger partial charge on any atom is -0.309 e. The Morgan fingerprint density at radius 3 is 1.97 bits per heavy atom.